The fraction of sp³-hybridized carbons (Fsp3) is 0.562. The molecule has 2 heterocycles. The van der Waals surface area contributed by atoms with Crippen molar-refractivity contribution in [1.82, 2.24) is 20.2 Å². The summed E-state index contributed by atoms with van der Waals surface area (Å²) >= 11 is 0. The molecule has 0 aliphatic carbocycles. The van der Waals surface area contributed by atoms with Crippen LogP contribution in [0.1, 0.15) is 36.7 Å². The van der Waals surface area contributed by atoms with Gasteiger partial charge in [-0.1, -0.05) is 12.8 Å². The van der Waals surface area contributed by atoms with E-state index in [9.17, 15) is 4.79 Å². The first kappa shape index (κ1) is 15.5. The summed E-state index contributed by atoms with van der Waals surface area (Å²) in [5.41, 5.74) is 0.379. The molecule has 5 heteroatoms. The van der Waals surface area contributed by atoms with Crippen molar-refractivity contribution in [2.45, 2.75) is 26.2 Å². The molecule has 1 aliphatic heterocycles. The summed E-state index contributed by atoms with van der Waals surface area (Å²) in [6, 6.07) is 0. The molecule has 5 nitrogen and oxygen atoms in total. The zero-order valence-electron chi connectivity index (χ0n) is 12.5. The van der Waals surface area contributed by atoms with E-state index in [1.54, 1.807) is 6.20 Å². The normalized spacial score (nSPS) is 16.0. The predicted octanol–water partition coefficient (Wildman–Crippen LogP) is 1.33. The van der Waals surface area contributed by atoms with Crippen molar-refractivity contribution < 1.29 is 4.79 Å². The number of carbonyl (C=O) groups is 1. The van der Waals surface area contributed by atoms with Gasteiger partial charge in [-0.25, -0.2) is 4.98 Å². The summed E-state index contributed by atoms with van der Waals surface area (Å²) < 4.78 is 0. The maximum absolute atomic E-state index is 11.9. The molecular weight excluding hydrogens is 264 g/mol. The van der Waals surface area contributed by atoms with Gasteiger partial charge in [0.15, 0.2) is 0 Å². The van der Waals surface area contributed by atoms with Crippen LogP contribution in [0.5, 0.6) is 0 Å². The molecule has 1 aromatic heterocycles. The Kier molecular flexibility index (Phi) is 6.17. The standard InChI is InChI=1S/C16H22N4O/c1-2-3-4-9-20-10-5-14(6-11-20)12-19-16(21)15-13-17-7-8-18-15/h7-8,13-14H,2,5-6,9-12H2,1H3,(H,19,21). The third kappa shape index (κ3) is 5.16. The van der Waals surface area contributed by atoms with Gasteiger partial charge in [-0.15, -0.1) is 5.92 Å². The Morgan fingerprint density at radius 3 is 2.86 bits per heavy atom. The van der Waals surface area contributed by atoms with Crippen LogP contribution in [0.25, 0.3) is 0 Å². The van der Waals surface area contributed by atoms with Gasteiger partial charge in [0.25, 0.3) is 5.91 Å². The molecule has 1 fully saturated rings. The van der Waals surface area contributed by atoms with Crippen LogP contribution < -0.4 is 5.32 Å². The number of carbonyl (C=O) groups excluding carboxylic acids is 1. The first-order valence-electron chi connectivity index (χ1n) is 7.52. The van der Waals surface area contributed by atoms with Gasteiger partial charge in [0.2, 0.25) is 0 Å². The zero-order chi connectivity index (χ0) is 14.9. The van der Waals surface area contributed by atoms with Crippen LogP contribution in [0.15, 0.2) is 18.6 Å². The van der Waals surface area contributed by atoms with Crippen LogP contribution in [-0.4, -0.2) is 47.0 Å². The van der Waals surface area contributed by atoms with Gasteiger partial charge in [-0.2, -0.15) is 0 Å². The van der Waals surface area contributed by atoms with Crippen LogP contribution in [0, 0.1) is 17.8 Å². The highest BCUT2D eigenvalue weighted by molar-refractivity contribution is 5.91. The number of aromatic nitrogens is 2. The van der Waals surface area contributed by atoms with E-state index in [2.05, 4.69) is 38.9 Å². The van der Waals surface area contributed by atoms with Crippen molar-refractivity contribution in [3.05, 3.63) is 24.3 Å². The largest absolute Gasteiger partial charge is 0.350 e. The molecule has 112 valence electrons. The number of nitrogens with zero attached hydrogens (tertiary/aromatic N) is 3. The molecule has 0 aromatic carbocycles. The lowest BCUT2D eigenvalue weighted by molar-refractivity contribution is 0.0932. The molecule has 0 unspecified atom stereocenters. The number of amides is 1. The van der Waals surface area contributed by atoms with Crippen molar-refractivity contribution >= 4 is 5.91 Å². The van der Waals surface area contributed by atoms with Crippen LogP contribution >= 0.6 is 0 Å². The van der Waals surface area contributed by atoms with Gasteiger partial charge < -0.3 is 5.32 Å². The van der Waals surface area contributed by atoms with E-state index in [1.165, 1.54) is 12.4 Å². The molecular formula is C16H22N4O. The summed E-state index contributed by atoms with van der Waals surface area (Å²) in [5, 5.41) is 2.95. The van der Waals surface area contributed by atoms with Crippen molar-refractivity contribution in [3.63, 3.8) is 0 Å². The Hall–Kier alpha value is -1.93. The lowest BCUT2D eigenvalue weighted by atomic mass is 9.97. The van der Waals surface area contributed by atoms with Crippen molar-refractivity contribution in [3.8, 4) is 11.8 Å². The van der Waals surface area contributed by atoms with Gasteiger partial charge in [0.1, 0.15) is 5.69 Å². The molecule has 2 rings (SSSR count). The number of piperidine rings is 1. The van der Waals surface area contributed by atoms with E-state index in [4.69, 9.17) is 0 Å². The zero-order valence-corrected chi connectivity index (χ0v) is 12.5. The highest BCUT2D eigenvalue weighted by atomic mass is 16.1. The first-order valence-corrected chi connectivity index (χ1v) is 7.52. The Balaban J connectivity index is 1.68. The molecule has 1 amide bonds. The SMILES string of the molecule is CCC#CCN1CCC(CNC(=O)c2cnccn2)CC1. The smallest absolute Gasteiger partial charge is 0.271 e. The van der Waals surface area contributed by atoms with Gasteiger partial charge in [-0.05, 0) is 31.8 Å². The second-order valence-electron chi connectivity index (χ2n) is 5.23. The fourth-order valence-corrected chi connectivity index (χ4v) is 2.39. The lowest BCUT2D eigenvalue weighted by Gasteiger charge is -2.30. The molecule has 0 bridgehead atoms. The monoisotopic (exact) mass is 286 g/mol. The van der Waals surface area contributed by atoms with E-state index in [1.807, 2.05) is 0 Å². The molecule has 21 heavy (non-hydrogen) atoms. The van der Waals surface area contributed by atoms with Gasteiger partial charge in [0, 0.05) is 25.4 Å². The molecule has 0 saturated carbocycles. The summed E-state index contributed by atoms with van der Waals surface area (Å²) in [7, 11) is 0. The third-order valence-corrected chi connectivity index (χ3v) is 3.66. The van der Waals surface area contributed by atoms with Crippen molar-refractivity contribution in [2.75, 3.05) is 26.2 Å². The van der Waals surface area contributed by atoms with Crippen LogP contribution in [-0.2, 0) is 0 Å². The van der Waals surface area contributed by atoms with Crippen molar-refractivity contribution in [1.29, 1.82) is 0 Å². The Bertz CT molecular complexity index is 498. The molecule has 1 saturated heterocycles. The summed E-state index contributed by atoms with van der Waals surface area (Å²) in [5.74, 6) is 6.69. The number of likely N-dealkylation sites (tertiary alicyclic amines) is 1. The topological polar surface area (TPSA) is 58.1 Å². The van der Waals surface area contributed by atoms with Gasteiger partial charge in [-0.3, -0.25) is 14.7 Å². The minimum absolute atomic E-state index is 0.139. The van der Waals surface area contributed by atoms with E-state index in [-0.39, 0.29) is 5.91 Å². The number of nitrogens with one attached hydrogen (secondary N) is 1. The molecule has 1 aromatic rings. The second kappa shape index (κ2) is 8.38. The molecule has 0 radical (unpaired) electrons. The number of hydrogen-bond donors (Lipinski definition) is 1. The van der Waals surface area contributed by atoms with E-state index in [0.29, 0.717) is 18.2 Å². The van der Waals surface area contributed by atoms with Crippen molar-refractivity contribution in [2.24, 2.45) is 5.92 Å². The molecule has 1 N–H and O–H groups in total. The second-order valence-corrected chi connectivity index (χ2v) is 5.23. The minimum Gasteiger partial charge on any atom is -0.350 e. The molecule has 0 spiro atoms. The maximum atomic E-state index is 11.9. The van der Waals surface area contributed by atoms with Gasteiger partial charge >= 0.3 is 0 Å². The van der Waals surface area contributed by atoms with E-state index in [0.717, 1.165) is 38.9 Å². The quantitative estimate of drug-likeness (QED) is 0.848. The maximum Gasteiger partial charge on any atom is 0.271 e. The van der Waals surface area contributed by atoms with Crippen LogP contribution in [0.3, 0.4) is 0 Å². The van der Waals surface area contributed by atoms with Crippen LogP contribution in [0.2, 0.25) is 0 Å². The average molecular weight is 286 g/mol. The number of rotatable bonds is 4. The number of hydrogen-bond acceptors (Lipinski definition) is 4. The summed E-state index contributed by atoms with van der Waals surface area (Å²) in [6.45, 7) is 5.77. The first-order chi connectivity index (χ1) is 10.3. The Labute approximate surface area is 126 Å². The van der Waals surface area contributed by atoms with Gasteiger partial charge in [0.05, 0.1) is 12.7 Å². The van der Waals surface area contributed by atoms with E-state index < -0.39 is 0 Å². The molecule has 1 aliphatic rings. The predicted molar refractivity (Wildman–Crippen MR) is 81.6 cm³/mol. The highest BCUT2D eigenvalue weighted by Gasteiger charge is 2.19. The molecule has 0 atom stereocenters. The van der Waals surface area contributed by atoms with Crippen LogP contribution in [0.4, 0.5) is 0 Å². The lowest BCUT2D eigenvalue weighted by Crippen LogP contribution is -2.38. The minimum atomic E-state index is -0.139. The Morgan fingerprint density at radius 1 is 1.38 bits per heavy atom. The van der Waals surface area contributed by atoms with E-state index >= 15 is 0 Å². The highest BCUT2D eigenvalue weighted by Crippen LogP contribution is 2.15. The fourth-order valence-electron chi connectivity index (χ4n) is 2.39. The third-order valence-electron chi connectivity index (χ3n) is 3.66. The summed E-state index contributed by atoms with van der Waals surface area (Å²) in [4.78, 5) is 22.2. The summed E-state index contributed by atoms with van der Waals surface area (Å²) in [6.07, 6.45) is 7.72. The average Bonchev–Trinajstić information content (AvgIpc) is 2.55. The Morgan fingerprint density at radius 2 is 2.19 bits per heavy atom.